The Morgan fingerprint density at radius 3 is 2.26 bits per heavy atom. The molecule has 0 heterocycles. The highest BCUT2D eigenvalue weighted by Gasteiger charge is 2.61. The predicted octanol–water partition coefficient (Wildman–Crippen LogP) is 2.30. The minimum atomic E-state index is -1.04. The summed E-state index contributed by atoms with van der Waals surface area (Å²) in [7, 11) is 0. The molecule has 130 valence electrons. The molecule has 4 aliphatic rings. The van der Waals surface area contributed by atoms with Crippen molar-refractivity contribution in [2.24, 2.45) is 17.3 Å². The maximum atomic E-state index is 12.1. The molecule has 0 aromatic rings. The molecule has 0 aromatic carbocycles. The maximum absolute atomic E-state index is 12.1. The molecule has 0 aliphatic heterocycles. The van der Waals surface area contributed by atoms with Crippen LogP contribution in [0.15, 0.2) is 0 Å². The van der Waals surface area contributed by atoms with Crippen molar-refractivity contribution in [1.29, 1.82) is 0 Å². The van der Waals surface area contributed by atoms with Crippen molar-refractivity contribution in [3.05, 3.63) is 0 Å². The lowest BCUT2D eigenvalue weighted by molar-refractivity contribution is -0.182. The first-order valence-electron chi connectivity index (χ1n) is 8.45. The molecule has 0 aromatic heterocycles. The minimum Gasteiger partial charge on any atom is -0.480 e. The monoisotopic (exact) mass is 327 g/mol. The van der Waals surface area contributed by atoms with Crippen LogP contribution < -0.4 is 5.32 Å². The summed E-state index contributed by atoms with van der Waals surface area (Å²) in [4.78, 5) is 24.0. The minimum absolute atomic E-state index is 0.364. The number of aliphatic carboxylic acids is 1. The Labute approximate surface area is 136 Å². The molecule has 2 unspecified atom stereocenters. The van der Waals surface area contributed by atoms with E-state index in [1.807, 2.05) is 0 Å². The van der Waals surface area contributed by atoms with E-state index in [1.54, 1.807) is 20.8 Å². The molecule has 6 nitrogen and oxygen atoms in total. The Balaban J connectivity index is 1.81. The molecule has 4 fully saturated rings. The van der Waals surface area contributed by atoms with Gasteiger partial charge in [0.1, 0.15) is 11.6 Å². The zero-order valence-electron chi connectivity index (χ0n) is 14.1. The molecule has 5 atom stereocenters. The summed E-state index contributed by atoms with van der Waals surface area (Å²) < 4.78 is 5.23. The summed E-state index contributed by atoms with van der Waals surface area (Å²) in [6.07, 6.45) is 3.89. The third-order valence-corrected chi connectivity index (χ3v) is 5.60. The number of carbonyl (C=O) groups excluding carboxylic acids is 1. The second-order valence-electron chi connectivity index (χ2n) is 8.97. The topological polar surface area (TPSA) is 95.9 Å². The number of hydrogen-bond acceptors (Lipinski definition) is 4. The fourth-order valence-electron chi connectivity index (χ4n) is 5.52. The zero-order chi connectivity index (χ0) is 17.0. The number of hydrogen-bond donors (Lipinski definition) is 3. The quantitative estimate of drug-likeness (QED) is 0.739. The first kappa shape index (κ1) is 16.6. The van der Waals surface area contributed by atoms with Crippen LogP contribution in [-0.4, -0.2) is 39.5 Å². The summed E-state index contributed by atoms with van der Waals surface area (Å²) in [5.74, 6) is -0.312. The molecule has 3 N–H and O–H groups in total. The molecule has 23 heavy (non-hydrogen) atoms. The number of ether oxygens (including phenoxy) is 1. The predicted molar refractivity (Wildman–Crippen MR) is 82.9 cm³/mol. The van der Waals surface area contributed by atoms with Crippen LogP contribution >= 0.6 is 0 Å². The summed E-state index contributed by atoms with van der Waals surface area (Å²) in [6.45, 7) is 5.24. The molecule has 0 radical (unpaired) electrons. The van der Waals surface area contributed by atoms with Crippen molar-refractivity contribution in [2.75, 3.05) is 0 Å². The van der Waals surface area contributed by atoms with Crippen LogP contribution in [-0.2, 0) is 9.53 Å². The van der Waals surface area contributed by atoms with Gasteiger partial charge in [-0.25, -0.2) is 9.59 Å². The number of amides is 1. The molecule has 4 aliphatic carbocycles. The second-order valence-corrected chi connectivity index (χ2v) is 8.97. The van der Waals surface area contributed by atoms with Gasteiger partial charge in [-0.15, -0.1) is 0 Å². The smallest absolute Gasteiger partial charge is 0.408 e. The van der Waals surface area contributed by atoms with E-state index in [1.165, 1.54) is 0 Å². The molecule has 1 amide bonds. The third-order valence-electron chi connectivity index (χ3n) is 5.60. The molecule has 4 bridgehead atoms. The summed E-state index contributed by atoms with van der Waals surface area (Å²) in [5.41, 5.74) is -1.98. The van der Waals surface area contributed by atoms with Gasteiger partial charge in [0, 0.05) is 5.41 Å². The third kappa shape index (κ3) is 3.18. The number of alkyl carbamates (subject to hydrolysis) is 1. The first-order valence-corrected chi connectivity index (χ1v) is 8.45. The Hall–Kier alpha value is -1.30. The SMILES string of the molecule is CC(C)(C)OC(=O)N[C@H]([14C](=O)O)C12C[C@@H]3C[C@@H](CC(O)(C3)C1)C2. The lowest BCUT2D eigenvalue weighted by Gasteiger charge is -2.61. The summed E-state index contributed by atoms with van der Waals surface area (Å²) >= 11 is 0. The second kappa shape index (κ2) is 5.10. The van der Waals surface area contributed by atoms with Gasteiger partial charge in [0.05, 0.1) is 5.60 Å². The van der Waals surface area contributed by atoms with E-state index in [2.05, 4.69) is 5.32 Å². The van der Waals surface area contributed by atoms with E-state index in [0.29, 0.717) is 18.3 Å². The van der Waals surface area contributed by atoms with E-state index in [4.69, 9.17) is 4.74 Å². The Morgan fingerprint density at radius 2 is 1.83 bits per heavy atom. The summed E-state index contributed by atoms with van der Waals surface area (Å²) in [5, 5.41) is 23.1. The van der Waals surface area contributed by atoms with Gasteiger partial charge in [-0.3, -0.25) is 0 Å². The van der Waals surface area contributed by atoms with Crippen LogP contribution in [0.5, 0.6) is 0 Å². The number of rotatable bonds is 3. The van der Waals surface area contributed by atoms with Crippen molar-refractivity contribution in [3.8, 4) is 0 Å². The standard InChI is InChI=1S/C17H27NO5/c1-15(2,3)23-14(21)18-12(13(19)20)16-5-10-4-11(6-16)8-17(22,7-10)9-16/h10-12,22H,4-9H2,1-3H3,(H,18,21)(H,19,20)/t10-,11+,12-,16?,17?/m1/s1/i13+2. The fraction of sp³-hybridized carbons (Fsp3) is 0.882. The maximum Gasteiger partial charge on any atom is 0.408 e. The number of aliphatic hydroxyl groups is 1. The number of carboxylic acid groups (broad SMARTS) is 1. The highest BCUT2D eigenvalue weighted by molar-refractivity contribution is 5.81. The van der Waals surface area contributed by atoms with Crippen molar-refractivity contribution < 1.29 is 24.5 Å². The lowest BCUT2D eigenvalue weighted by atomic mass is 9.47. The van der Waals surface area contributed by atoms with E-state index in [0.717, 1.165) is 32.1 Å². The molecule has 0 saturated heterocycles. The average molecular weight is 327 g/mol. The molecule has 4 rings (SSSR count). The van der Waals surface area contributed by atoms with Gasteiger partial charge in [-0.1, -0.05) is 0 Å². The van der Waals surface area contributed by atoms with Gasteiger partial charge in [0.25, 0.3) is 0 Å². The number of carboxylic acids is 1. The molecular weight excluding hydrogens is 300 g/mol. The fourth-order valence-corrected chi connectivity index (χ4v) is 5.52. The molecule has 6 heteroatoms. The van der Waals surface area contributed by atoms with Crippen LogP contribution in [0.4, 0.5) is 4.79 Å². The van der Waals surface area contributed by atoms with E-state index in [-0.39, 0.29) is 0 Å². The van der Waals surface area contributed by atoms with Gasteiger partial charge in [0.2, 0.25) is 0 Å². The summed E-state index contributed by atoms with van der Waals surface area (Å²) in [6, 6.07) is -1.00. The van der Waals surface area contributed by atoms with Crippen molar-refractivity contribution in [3.63, 3.8) is 0 Å². The van der Waals surface area contributed by atoms with Crippen LogP contribution in [0.3, 0.4) is 0 Å². The van der Waals surface area contributed by atoms with Gasteiger partial charge in [-0.05, 0) is 71.1 Å². The molecule has 4 saturated carbocycles. The number of nitrogens with one attached hydrogen (secondary N) is 1. The normalized spacial score (nSPS) is 39.8. The van der Waals surface area contributed by atoms with E-state index < -0.39 is 34.7 Å². The van der Waals surface area contributed by atoms with E-state index >= 15 is 0 Å². The molecular formula is C17H27NO5. The van der Waals surface area contributed by atoms with Crippen LogP contribution in [0.25, 0.3) is 0 Å². The Kier molecular flexibility index (Phi) is 3.67. The van der Waals surface area contributed by atoms with E-state index in [9.17, 15) is 19.8 Å². The largest absolute Gasteiger partial charge is 0.480 e. The van der Waals surface area contributed by atoms with Gasteiger partial charge >= 0.3 is 12.1 Å². The average Bonchev–Trinajstić information content (AvgIpc) is 2.29. The highest BCUT2D eigenvalue weighted by atomic mass is 16.6. The van der Waals surface area contributed by atoms with Crippen molar-refractivity contribution >= 4 is 12.1 Å². The first-order chi connectivity index (χ1) is 10.5. The highest BCUT2D eigenvalue weighted by Crippen LogP contribution is 2.62. The van der Waals surface area contributed by atoms with Gasteiger partial charge in [-0.2, -0.15) is 0 Å². The van der Waals surface area contributed by atoms with Gasteiger partial charge < -0.3 is 20.3 Å². The Morgan fingerprint density at radius 1 is 1.26 bits per heavy atom. The van der Waals surface area contributed by atoms with Gasteiger partial charge in [0.15, 0.2) is 0 Å². The van der Waals surface area contributed by atoms with Crippen LogP contribution in [0.2, 0.25) is 0 Å². The van der Waals surface area contributed by atoms with Crippen molar-refractivity contribution in [1.82, 2.24) is 5.32 Å². The zero-order valence-corrected chi connectivity index (χ0v) is 14.1. The van der Waals surface area contributed by atoms with Crippen LogP contribution in [0.1, 0.15) is 59.3 Å². The lowest BCUT2D eigenvalue weighted by Crippen LogP contribution is -2.64. The number of carbonyl (C=O) groups is 2. The van der Waals surface area contributed by atoms with Crippen molar-refractivity contribution in [2.45, 2.75) is 76.5 Å². The Bertz CT molecular complexity index is 510. The van der Waals surface area contributed by atoms with Crippen LogP contribution in [0, 0.1) is 17.3 Å². The molecule has 0 spiro atoms.